The lowest BCUT2D eigenvalue weighted by Crippen LogP contribution is -2.31. The van der Waals surface area contributed by atoms with Crippen LogP contribution in [0.15, 0.2) is 6.20 Å². The minimum atomic E-state index is -0.260. The molecule has 1 saturated heterocycles. The molecule has 16 heavy (non-hydrogen) atoms. The number of ether oxygens (including phenoxy) is 1. The zero-order chi connectivity index (χ0) is 12.0. The molecule has 1 unspecified atom stereocenters. The van der Waals surface area contributed by atoms with Crippen molar-refractivity contribution in [3.63, 3.8) is 0 Å². The van der Waals surface area contributed by atoms with Gasteiger partial charge in [-0.25, -0.2) is 4.68 Å². The molecule has 0 spiro atoms. The fraction of sp³-hybridized carbons (Fsp3) is 0.818. The maximum Gasteiger partial charge on any atom is 0.108 e. The average molecular weight is 225 g/mol. The van der Waals surface area contributed by atoms with E-state index in [2.05, 4.69) is 38.0 Å². The van der Waals surface area contributed by atoms with Crippen LogP contribution in [-0.4, -0.2) is 31.3 Å². The van der Waals surface area contributed by atoms with E-state index in [0.29, 0.717) is 5.69 Å². The highest BCUT2D eigenvalue weighted by atomic mass is 16.5. The van der Waals surface area contributed by atoms with Crippen molar-refractivity contribution in [3.05, 3.63) is 11.9 Å². The summed E-state index contributed by atoms with van der Waals surface area (Å²) < 4.78 is 7.80. The minimum absolute atomic E-state index is 0.0720. The van der Waals surface area contributed by atoms with E-state index in [1.807, 2.05) is 0 Å². The van der Waals surface area contributed by atoms with E-state index in [9.17, 15) is 0 Å². The third kappa shape index (κ3) is 1.97. The van der Waals surface area contributed by atoms with Crippen LogP contribution in [0, 0.1) is 0 Å². The lowest BCUT2D eigenvalue weighted by molar-refractivity contribution is -0.0738. The van der Waals surface area contributed by atoms with Gasteiger partial charge in [0.05, 0.1) is 30.0 Å². The quantitative estimate of drug-likeness (QED) is 0.824. The summed E-state index contributed by atoms with van der Waals surface area (Å²) in [5.74, 6) is 0. The van der Waals surface area contributed by atoms with E-state index < -0.39 is 0 Å². The van der Waals surface area contributed by atoms with Crippen LogP contribution >= 0.6 is 0 Å². The van der Waals surface area contributed by atoms with Crippen LogP contribution in [0.4, 0.5) is 0 Å². The second-order valence-corrected chi connectivity index (χ2v) is 5.53. The van der Waals surface area contributed by atoms with E-state index in [1.54, 1.807) is 10.9 Å². The third-order valence-corrected chi connectivity index (χ3v) is 3.07. The first-order valence-electron chi connectivity index (χ1n) is 5.56. The molecule has 0 radical (unpaired) electrons. The van der Waals surface area contributed by atoms with E-state index in [4.69, 9.17) is 9.84 Å². The molecule has 1 aromatic rings. The minimum Gasteiger partial charge on any atom is -0.390 e. The van der Waals surface area contributed by atoms with Gasteiger partial charge in [-0.15, -0.1) is 5.10 Å². The smallest absolute Gasteiger partial charge is 0.108 e. The molecule has 0 amide bonds. The SMILES string of the molecule is CC1(C)CC(n2cc(CO)nn2)C(C)(C)O1. The van der Waals surface area contributed by atoms with Gasteiger partial charge in [0.2, 0.25) is 0 Å². The van der Waals surface area contributed by atoms with Gasteiger partial charge in [0.25, 0.3) is 0 Å². The molecule has 0 aliphatic carbocycles. The average Bonchev–Trinajstić information content (AvgIpc) is 2.67. The summed E-state index contributed by atoms with van der Waals surface area (Å²) in [6.07, 6.45) is 2.69. The highest BCUT2D eigenvalue weighted by Gasteiger charge is 2.47. The lowest BCUT2D eigenvalue weighted by Gasteiger charge is -2.26. The molecule has 5 heteroatoms. The van der Waals surface area contributed by atoms with Crippen LogP contribution in [0.3, 0.4) is 0 Å². The van der Waals surface area contributed by atoms with Crippen molar-refractivity contribution in [1.29, 1.82) is 0 Å². The van der Waals surface area contributed by atoms with Crippen molar-refractivity contribution in [2.75, 3.05) is 0 Å². The van der Waals surface area contributed by atoms with Gasteiger partial charge >= 0.3 is 0 Å². The van der Waals surface area contributed by atoms with E-state index in [1.165, 1.54) is 0 Å². The molecular weight excluding hydrogens is 206 g/mol. The number of nitrogens with zero attached hydrogens (tertiary/aromatic N) is 3. The van der Waals surface area contributed by atoms with E-state index in [-0.39, 0.29) is 23.9 Å². The second kappa shape index (κ2) is 3.53. The van der Waals surface area contributed by atoms with Gasteiger partial charge in [0.1, 0.15) is 5.69 Å². The Morgan fingerprint density at radius 1 is 1.50 bits per heavy atom. The van der Waals surface area contributed by atoms with E-state index in [0.717, 1.165) is 6.42 Å². The van der Waals surface area contributed by atoms with Crippen molar-refractivity contribution in [2.45, 2.75) is 58.0 Å². The fourth-order valence-corrected chi connectivity index (χ4v) is 2.48. The third-order valence-electron chi connectivity index (χ3n) is 3.07. The Kier molecular flexibility index (Phi) is 2.55. The fourth-order valence-electron chi connectivity index (χ4n) is 2.48. The molecular formula is C11H19N3O2. The Bertz CT molecular complexity index is 384. The number of hydrogen-bond donors (Lipinski definition) is 1. The summed E-state index contributed by atoms with van der Waals surface area (Å²) in [5, 5.41) is 16.9. The van der Waals surface area contributed by atoms with Crippen LogP contribution in [0.2, 0.25) is 0 Å². The summed E-state index contributed by atoms with van der Waals surface area (Å²) in [6.45, 7) is 8.22. The largest absolute Gasteiger partial charge is 0.390 e. The van der Waals surface area contributed by atoms with Gasteiger partial charge in [0, 0.05) is 6.42 Å². The maximum atomic E-state index is 8.98. The topological polar surface area (TPSA) is 60.2 Å². The summed E-state index contributed by atoms with van der Waals surface area (Å²) in [4.78, 5) is 0. The van der Waals surface area contributed by atoms with Crippen LogP contribution in [-0.2, 0) is 11.3 Å². The highest BCUT2D eigenvalue weighted by Crippen LogP contribution is 2.44. The van der Waals surface area contributed by atoms with Gasteiger partial charge in [-0.2, -0.15) is 0 Å². The van der Waals surface area contributed by atoms with Crippen LogP contribution in [0.1, 0.15) is 45.9 Å². The zero-order valence-corrected chi connectivity index (χ0v) is 10.3. The number of aliphatic hydroxyl groups excluding tert-OH is 1. The van der Waals surface area contributed by atoms with Crippen molar-refractivity contribution in [3.8, 4) is 0 Å². The Morgan fingerprint density at radius 3 is 2.62 bits per heavy atom. The summed E-state index contributed by atoms with van der Waals surface area (Å²) in [6, 6.07) is 0.162. The van der Waals surface area contributed by atoms with Gasteiger partial charge in [-0.05, 0) is 27.7 Å². The molecule has 0 aromatic carbocycles. The lowest BCUT2D eigenvalue weighted by atomic mass is 9.95. The highest BCUT2D eigenvalue weighted by molar-refractivity contribution is 5.00. The standard InChI is InChI=1S/C11H19N3O2/c1-10(2)5-9(11(3,4)16-10)14-6-8(7-15)12-13-14/h6,9,15H,5,7H2,1-4H3. The number of hydrogen-bond acceptors (Lipinski definition) is 4. The van der Waals surface area contributed by atoms with Crippen molar-refractivity contribution < 1.29 is 9.84 Å². The van der Waals surface area contributed by atoms with E-state index >= 15 is 0 Å². The predicted octanol–water partition coefficient (Wildman–Crippen LogP) is 1.29. The number of aliphatic hydroxyl groups is 1. The Morgan fingerprint density at radius 2 is 2.19 bits per heavy atom. The molecule has 5 nitrogen and oxygen atoms in total. The summed E-state index contributed by atoms with van der Waals surface area (Å²) >= 11 is 0. The normalized spacial score (nSPS) is 27.2. The molecule has 1 aliphatic rings. The number of aromatic nitrogens is 3. The van der Waals surface area contributed by atoms with Crippen LogP contribution in [0.5, 0.6) is 0 Å². The van der Waals surface area contributed by atoms with Crippen molar-refractivity contribution >= 4 is 0 Å². The molecule has 1 N–H and O–H groups in total. The van der Waals surface area contributed by atoms with Gasteiger partial charge < -0.3 is 9.84 Å². The molecule has 0 bridgehead atoms. The molecule has 1 aliphatic heterocycles. The summed E-state index contributed by atoms with van der Waals surface area (Å²) in [7, 11) is 0. The molecule has 2 heterocycles. The molecule has 1 fully saturated rings. The maximum absolute atomic E-state index is 8.98. The monoisotopic (exact) mass is 225 g/mol. The Balaban J connectivity index is 2.27. The molecule has 90 valence electrons. The summed E-state index contributed by atoms with van der Waals surface area (Å²) in [5.41, 5.74) is 0.198. The first kappa shape index (κ1) is 11.5. The molecule has 1 atom stereocenters. The number of rotatable bonds is 2. The van der Waals surface area contributed by atoms with Crippen LogP contribution < -0.4 is 0 Å². The molecule has 1 aromatic heterocycles. The first-order valence-corrected chi connectivity index (χ1v) is 5.56. The van der Waals surface area contributed by atoms with Gasteiger partial charge in [-0.3, -0.25) is 0 Å². The Labute approximate surface area is 95.4 Å². The molecule has 2 rings (SSSR count). The Hall–Kier alpha value is -0.940. The first-order chi connectivity index (χ1) is 7.34. The van der Waals surface area contributed by atoms with Crippen LogP contribution in [0.25, 0.3) is 0 Å². The zero-order valence-electron chi connectivity index (χ0n) is 10.3. The van der Waals surface area contributed by atoms with Crippen molar-refractivity contribution in [2.24, 2.45) is 0 Å². The second-order valence-electron chi connectivity index (χ2n) is 5.53. The van der Waals surface area contributed by atoms with Gasteiger partial charge in [-0.1, -0.05) is 5.21 Å². The predicted molar refractivity (Wildman–Crippen MR) is 58.8 cm³/mol. The molecule has 0 saturated carbocycles. The van der Waals surface area contributed by atoms with Gasteiger partial charge in [0.15, 0.2) is 0 Å². The van der Waals surface area contributed by atoms with Crippen molar-refractivity contribution in [1.82, 2.24) is 15.0 Å².